The van der Waals surface area contributed by atoms with Crippen LogP contribution < -0.4 is 9.80 Å². The van der Waals surface area contributed by atoms with E-state index in [2.05, 4.69) is 25.8 Å². The molecule has 20 heavy (non-hydrogen) atoms. The molecule has 0 saturated carbocycles. The minimum atomic E-state index is 0.813. The second-order valence-electron chi connectivity index (χ2n) is 4.92. The Hall–Kier alpha value is -1.81. The summed E-state index contributed by atoms with van der Waals surface area (Å²) in [6, 6.07) is 9.91. The largest absolute Gasteiger partial charge is 0.367 e. The minimum absolute atomic E-state index is 0.813. The highest BCUT2D eigenvalue weighted by Crippen LogP contribution is 2.26. The second kappa shape index (κ2) is 5.67. The van der Waals surface area contributed by atoms with Gasteiger partial charge < -0.3 is 9.80 Å². The average molecular weight is 289 g/mol. The van der Waals surface area contributed by atoms with Crippen LogP contribution in [0.5, 0.6) is 0 Å². The van der Waals surface area contributed by atoms with Gasteiger partial charge in [-0.1, -0.05) is 23.7 Å². The summed E-state index contributed by atoms with van der Waals surface area (Å²) in [5, 5.41) is 0.813. The average Bonchev–Trinajstić information content (AvgIpc) is 2.48. The van der Waals surface area contributed by atoms with Crippen molar-refractivity contribution in [2.24, 2.45) is 0 Å². The number of hydrogen-bond donors (Lipinski definition) is 0. The summed E-state index contributed by atoms with van der Waals surface area (Å²) in [7, 11) is 0. The van der Waals surface area contributed by atoms with Gasteiger partial charge in [0.25, 0.3) is 0 Å². The summed E-state index contributed by atoms with van der Waals surface area (Å²) in [5.41, 5.74) is 2.11. The topological polar surface area (TPSA) is 32.3 Å². The van der Waals surface area contributed by atoms with Crippen molar-refractivity contribution in [3.8, 4) is 0 Å². The lowest BCUT2D eigenvalue weighted by Gasteiger charge is -2.36. The first kappa shape index (κ1) is 13.2. The zero-order valence-electron chi connectivity index (χ0n) is 11.5. The number of halogens is 1. The molecule has 104 valence electrons. The van der Waals surface area contributed by atoms with Crippen LogP contribution in [0.1, 0.15) is 5.69 Å². The fourth-order valence-electron chi connectivity index (χ4n) is 2.44. The fourth-order valence-corrected chi connectivity index (χ4v) is 2.70. The van der Waals surface area contributed by atoms with E-state index in [4.69, 9.17) is 11.6 Å². The molecule has 1 aliphatic heterocycles. The molecule has 5 heteroatoms. The number of aryl methyl sites for hydroxylation is 1. The van der Waals surface area contributed by atoms with Gasteiger partial charge in [0, 0.05) is 38.1 Å². The van der Waals surface area contributed by atoms with E-state index in [0.717, 1.165) is 48.5 Å². The molecule has 0 radical (unpaired) electrons. The van der Waals surface area contributed by atoms with Crippen molar-refractivity contribution in [2.75, 3.05) is 36.0 Å². The van der Waals surface area contributed by atoms with Crippen LogP contribution in [0.15, 0.2) is 36.5 Å². The van der Waals surface area contributed by atoms with Crippen molar-refractivity contribution >= 4 is 23.2 Å². The lowest BCUT2D eigenvalue weighted by Crippen LogP contribution is -2.47. The van der Waals surface area contributed by atoms with Crippen LogP contribution in [0.25, 0.3) is 0 Å². The van der Waals surface area contributed by atoms with Crippen LogP contribution in [0.3, 0.4) is 0 Å². The number of hydrogen-bond acceptors (Lipinski definition) is 4. The van der Waals surface area contributed by atoms with E-state index in [-0.39, 0.29) is 0 Å². The standard InChI is InChI=1S/C15H17ClN4/c1-12-6-7-17-15(18-12)20-10-8-19(9-11-20)14-5-3-2-4-13(14)16/h2-7H,8-11H2,1H3. The lowest BCUT2D eigenvalue weighted by atomic mass is 10.2. The monoisotopic (exact) mass is 288 g/mol. The number of para-hydroxylation sites is 1. The molecule has 0 atom stereocenters. The molecule has 0 spiro atoms. The lowest BCUT2D eigenvalue weighted by molar-refractivity contribution is 0.639. The molecule has 0 unspecified atom stereocenters. The van der Waals surface area contributed by atoms with Gasteiger partial charge in [-0.05, 0) is 25.1 Å². The van der Waals surface area contributed by atoms with Gasteiger partial charge in [-0.25, -0.2) is 9.97 Å². The molecule has 0 amide bonds. The molecule has 1 fully saturated rings. The van der Waals surface area contributed by atoms with Crippen molar-refractivity contribution in [1.82, 2.24) is 9.97 Å². The summed E-state index contributed by atoms with van der Waals surface area (Å²) < 4.78 is 0. The van der Waals surface area contributed by atoms with Crippen LogP contribution in [-0.2, 0) is 0 Å². The maximum absolute atomic E-state index is 6.25. The Labute approximate surface area is 124 Å². The van der Waals surface area contributed by atoms with Crippen molar-refractivity contribution in [2.45, 2.75) is 6.92 Å². The van der Waals surface area contributed by atoms with Gasteiger partial charge in [0.1, 0.15) is 0 Å². The zero-order valence-corrected chi connectivity index (χ0v) is 12.2. The second-order valence-corrected chi connectivity index (χ2v) is 5.33. The number of anilines is 2. The summed E-state index contributed by atoms with van der Waals surface area (Å²) in [6.07, 6.45) is 1.82. The first-order chi connectivity index (χ1) is 9.74. The van der Waals surface area contributed by atoms with Crippen molar-refractivity contribution < 1.29 is 0 Å². The smallest absolute Gasteiger partial charge is 0.225 e. The molecule has 0 aliphatic carbocycles. The van der Waals surface area contributed by atoms with Gasteiger partial charge in [0.2, 0.25) is 5.95 Å². The molecule has 0 bridgehead atoms. The van der Waals surface area contributed by atoms with Crippen LogP contribution in [0.2, 0.25) is 5.02 Å². The molecule has 0 N–H and O–H groups in total. The number of piperazine rings is 1. The summed E-state index contributed by atoms with van der Waals surface area (Å²) in [6.45, 7) is 5.68. The Kier molecular flexibility index (Phi) is 3.74. The van der Waals surface area contributed by atoms with Crippen LogP contribution in [0, 0.1) is 6.92 Å². The van der Waals surface area contributed by atoms with E-state index in [1.165, 1.54) is 0 Å². The molecule has 1 aromatic carbocycles. The maximum Gasteiger partial charge on any atom is 0.225 e. The Morgan fingerprint density at radius 1 is 1.00 bits per heavy atom. The summed E-state index contributed by atoms with van der Waals surface area (Å²) in [4.78, 5) is 13.4. The highest BCUT2D eigenvalue weighted by molar-refractivity contribution is 6.33. The third kappa shape index (κ3) is 2.70. The molecular weight excluding hydrogens is 272 g/mol. The SMILES string of the molecule is Cc1ccnc(N2CCN(c3ccccc3Cl)CC2)n1. The number of nitrogens with zero attached hydrogens (tertiary/aromatic N) is 4. The van der Waals surface area contributed by atoms with E-state index in [9.17, 15) is 0 Å². The van der Waals surface area contributed by atoms with Crippen LogP contribution in [-0.4, -0.2) is 36.1 Å². The van der Waals surface area contributed by atoms with Gasteiger partial charge in [-0.15, -0.1) is 0 Å². The summed E-state index contributed by atoms with van der Waals surface area (Å²) in [5.74, 6) is 0.823. The van der Waals surface area contributed by atoms with Gasteiger partial charge in [0.05, 0.1) is 10.7 Å². The number of benzene rings is 1. The highest BCUT2D eigenvalue weighted by atomic mass is 35.5. The molecule has 4 nitrogen and oxygen atoms in total. The molecule has 2 aromatic rings. The van der Waals surface area contributed by atoms with E-state index in [1.54, 1.807) is 0 Å². The molecule has 1 saturated heterocycles. The normalized spacial score (nSPS) is 15.5. The predicted molar refractivity (Wildman–Crippen MR) is 82.6 cm³/mol. The highest BCUT2D eigenvalue weighted by Gasteiger charge is 2.20. The van der Waals surface area contributed by atoms with Gasteiger partial charge >= 0.3 is 0 Å². The van der Waals surface area contributed by atoms with Gasteiger partial charge in [0.15, 0.2) is 0 Å². The predicted octanol–water partition coefficient (Wildman–Crippen LogP) is 2.77. The molecule has 1 aliphatic rings. The Morgan fingerprint density at radius 3 is 2.40 bits per heavy atom. The van der Waals surface area contributed by atoms with E-state index in [0.29, 0.717) is 0 Å². The van der Waals surface area contributed by atoms with Gasteiger partial charge in [-0.3, -0.25) is 0 Å². The van der Waals surface area contributed by atoms with Crippen LogP contribution >= 0.6 is 11.6 Å². The maximum atomic E-state index is 6.25. The third-order valence-electron chi connectivity index (χ3n) is 3.54. The molecular formula is C15H17ClN4. The molecule has 3 rings (SSSR count). The molecule has 2 heterocycles. The Balaban J connectivity index is 1.70. The minimum Gasteiger partial charge on any atom is -0.367 e. The van der Waals surface area contributed by atoms with E-state index >= 15 is 0 Å². The molecule has 1 aromatic heterocycles. The van der Waals surface area contributed by atoms with Crippen molar-refractivity contribution in [1.29, 1.82) is 0 Å². The van der Waals surface area contributed by atoms with Crippen molar-refractivity contribution in [3.63, 3.8) is 0 Å². The van der Waals surface area contributed by atoms with E-state index in [1.807, 2.05) is 37.4 Å². The van der Waals surface area contributed by atoms with E-state index < -0.39 is 0 Å². The van der Waals surface area contributed by atoms with Gasteiger partial charge in [-0.2, -0.15) is 0 Å². The number of aromatic nitrogens is 2. The van der Waals surface area contributed by atoms with Crippen molar-refractivity contribution in [3.05, 3.63) is 47.2 Å². The Morgan fingerprint density at radius 2 is 1.70 bits per heavy atom. The summed E-state index contributed by atoms with van der Waals surface area (Å²) >= 11 is 6.25. The first-order valence-corrected chi connectivity index (χ1v) is 7.16. The number of rotatable bonds is 2. The first-order valence-electron chi connectivity index (χ1n) is 6.78. The zero-order chi connectivity index (χ0) is 13.9. The Bertz CT molecular complexity index is 594. The fraction of sp³-hybridized carbons (Fsp3) is 0.333. The van der Waals surface area contributed by atoms with Crippen LogP contribution in [0.4, 0.5) is 11.6 Å². The quantitative estimate of drug-likeness (QED) is 0.851. The third-order valence-corrected chi connectivity index (χ3v) is 3.86.